The van der Waals surface area contributed by atoms with Crippen LogP contribution < -0.4 is 5.32 Å². The molecule has 2 aromatic carbocycles. The van der Waals surface area contributed by atoms with E-state index in [1.165, 1.54) is 0 Å². The molecule has 2 aromatic rings. The van der Waals surface area contributed by atoms with Gasteiger partial charge in [0.05, 0.1) is 6.61 Å². The molecule has 0 aliphatic carbocycles. The summed E-state index contributed by atoms with van der Waals surface area (Å²) in [5, 5.41) is 2.81. The molecule has 1 aliphatic heterocycles. The van der Waals surface area contributed by atoms with E-state index in [-0.39, 0.29) is 18.9 Å². The number of rotatable bonds is 4. The van der Waals surface area contributed by atoms with Crippen LogP contribution in [0.25, 0.3) is 0 Å². The van der Waals surface area contributed by atoms with E-state index < -0.39 is 11.4 Å². The molecule has 0 aromatic heterocycles. The number of benzene rings is 2. The average Bonchev–Trinajstić information content (AvgIpc) is 2.82. The van der Waals surface area contributed by atoms with Crippen molar-refractivity contribution in [2.45, 2.75) is 18.8 Å². The zero-order chi connectivity index (χ0) is 15.6. The average molecular weight is 295 g/mol. The Bertz CT molecular complexity index is 711. The lowest BCUT2D eigenvalue weighted by atomic mass is 9.76. The monoisotopic (exact) mass is 295 g/mol. The van der Waals surface area contributed by atoms with Crippen LogP contribution in [0.1, 0.15) is 18.1 Å². The molecule has 0 saturated heterocycles. The number of carbonyl (C=O) groups excluding carboxylic acids is 2. The molecule has 0 radical (unpaired) electrons. The topological polar surface area (TPSA) is 55.4 Å². The van der Waals surface area contributed by atoms with Crippen LogP contribution in [0.4, 0.5) is 5.69 Å². The normalized spacial score (nSPS) is 19.4. The molecule has 0 fully saturated rings. The second-order valence-electron chi connectivity index (χ2n) is 5.29. The molecule has 1 heterocycles. The fraction of sp³-hybridized carbons (Fsp3) is 0.222. The van der Waals surface area contributed by atoms with Crippen molar-refractivity contribution >= 4 is 17.6 Å². The predicted octanol–water partition coefficient (Wildman–Crippen LogP) is 2.68. The minimum absolute atomic E-state index is 0.241. The molecule has 0 unspecified atom stereocenters. The summed E-state index contributed by atoms with van der Waals surface area (Å²) in [6.07, 6.45) is 0.287. The Morgan fingerprint density at radius 1 is 1.09 bits per heavy atom. The summed E-state index contributed by atoms with van der Waals surface area (Å²) in [5.74, 6) is -0.822. The number of anilines is 1. The number of ether oxygens (including phenoxy) is 1. The Labute approximate surface area is 129 Å². The van der Waals surface area contributed by atoms with E-state index in [1.807, 2.05) is 48.5 Å². The third-order valence-corrected chi connectivity index (χ3v) is 3.96. The number of carbonyl (C=O) groups is 2. The first-order valence-electron chi connectivity index (χ1n) is 7.30. The van der Waals surface area contributed by atoms with Gasteiger partial charge in [-0.15, -0.1) is 0 Å². The van der Waals surface area contributed by atoms with E-state index in [1.54, 1.807) is 13.0 Å². The summed E-state index contributed by atoms with van der Waals surface area (Å²) in [5.41, 5.74) is 0.967. The lowest BCUT2D eigenvalue weighted by molar-refractivity contribution is -0.153. The number of hydrogen-bond acceptors (Lipinski definition) is 3. The Balaban J connectivity index is 2.12. The number of esters is 1. The van der Waals surface area contributed by atoms with Crippen molar-refractivity contribution in [3.8, 4) is 0 Å². The molecular formula is C18H17NO3. The first-order valence-corrected chi connectivity index (χ1v) is 7.30. The van der Waals surface area contributed by atoms with E-state index in [4.69, 9.17) is 4.74 Å². The van der Waals surface area contributed by atoms with Crippen LogP contribution in [0.2, 0.25) is 0 Å². The molecule has 1 aliphatic rings. The van der Waals surface area contributed by atoms with Gasteiger partial charge in [-0.3, -0.25) is 9.59 Å². The van der Waals surface area contributed by atoms with Gasteiger partial charge in [-0.05, 0) is 18.6 Å². The van der Waals surface area contributed by atoms with Crippen molar-refractivity contribution in [1.82, 2.24) is 0 Å². The van der Waals surface area contributed by atoms with Crippen LogP contribution >= 0.6 is 0 Å². The second kappa shape index (κ2) is 5.64. The quantitative estimate of drug-likeness (QED) is 0.697. The SMILES string of the molecule is CCOC(=O)[C@]1(Cc2ccccc2)C(=O)Nc2ccccc21. The molecule has 1 N–H and O–H groups in total. The zero-order valence-corrected chi connectivity index (χ0v) is 12.3. The minimum atomic E-state index is -1.31. The van der Waals surface area contributed by atoms with Gasteiger partial charge in [0, 0.05) is 17.7 Å². The van der Waals surface area contributed by atoms with Gasteiger partial charge in [0.15, 0.2) is 5.41 Å². The number of nitrogens with one attached hydrogen (secondary N) is 1. The van der Waals surface area contributed by atoms with E-state index in [0.29, 0.717) is 11.3 Å². The van der Waals surface area contributed by atoms with E-state index >= 15 is 0 Å². The third-order valence-electron chi connectivity index (χ3n) is 3.96. The van der Waals surface area contributed by atoms with Crippen LogP contribution in [0.3, 0.4) is 0 Å². The predicted molar refractivity (Wildman–Crippen MR) is 83.5 cm³/mol. The third kappa shape index (κ3) is 2.17. The fourth-order valence-electron chi connectivity index (χ4n) is 2.92. The largest absolute Gasteiger partial charge is 0.465 e. The van der Waals surface area contributed by atoms with Crippen molar-refractivity contribution in [3.63, 3.8) is 0 Å². The molecule has 1 amide bonds. The van der Waals surface area contributed by atoms with Gasteiger partial charge < -0.3 is 10.1 Å². The lowest BCUT2D eigenvalue weighted by Crippen LogP contribution is -2.45. The molecule has 0 spiro atoms. The Morgan fingerprint density at radius 2 is 1.77 bits per heavy atom. The zero-order valence-electron chi connectivity index (χ0n) is 12.3. The number of para-hydroxylation sites is 1. The molecule has 3 rings (SSSR count). The summed E-state index contributed by atoms with van der Waals surface area (Å²) < 4.78 is 5.23. The first kappa shape index (κ1) is 14.3. The van der Waals surface area contributed by atoms with Gasteiger partial charge in [0.2, 0.25) is 5.91 Å². The summed E-state index contributed by atoms with van der Waals surface area (Å²) in [7, 11) is 0. The maximum atomic E-state index is 12.7. The summed E-state index contributed by atoms with van der Waals surface area (Å²) >= 11 is 0. The van der Waals surface area contributed by atoms with Crippen LogP contribution in [0, 0.1) is 0 Å². The van der Waals surface area contributed by atoms with Crippen LogP contribution in [-0.2, 0) is 26.2 Å². The van der Waals surface area contributed by atoms with E-state index in [9.17, 15) is 9.59 Å². The van der Waals surface area contributed by atoms with Gasteiger partial charge in [-0.25, -0.2) is 0 Å². The first-order chi connectivity index (χ1) is 10.7. The molecule has 4 nitrogen and oxygen atoms in total. The molecule has 0 saturated carbocycles. The Hall–Kier alpha value is -2.62. The standard InChI is InChI=1S/C18H17NO3/c1-2-22-17(21)18(12-13-8-4-3-5-9-13)14-10-6-7-11-15(14)19-16(18)20/h3-11H,2,12H2,1H3,(H,19,20)/t18-/m0/s1. The highest BCUT2D eigenvalue weighted by Gasteiger charge is 2.54. The van der Waals surface area contributed by atoms with E-state index in [0.717, 1.165) is 5.56 Å². The van der Waals surface area contributed by atoms with Gasteiger partial charge in [0.25, 0.3) is 0 Å². The highest BCUT2D eigenvalue weighted by atomic mass is 16.5. The Morgan fingerprint density at radius 3 is 2.50 bits per heavy atom. The smallest absolute Gasteiger partial charge is 0.326 e. The molecule has 22 heavy (non-hydrogen) atoms. The second-order valence-corrected chi connectivity index (χ2v) is 5.29. The van der Waals surface area contributed by atoms with Crippen molar-refractivity contribution in [1.29, 1.82) is 0 Å². The number of hydrogen-bond donors (Lipinski definition) is 1. The molecule has 112 valence electrons. The highest BCUT2D eigenvalue weighted by molar-refractivity contribution is 6.19. The van der Waals surface area contributed by atoms with Crippen LogP contribution in [-0.4, -0.2) is 18.5 Å². The molecule has 1 atom stereocenters. The molecular weight excluding hydrogens is 278 g/mol. The van der Waals surface area contributed by atoms with Crippen LogP contribution in [0.5, 0.6) is 0 Å². The molecule has 4 heteroatoms. The van der Waals surface area contributed by atoms with Gasteiger partial charge in [-0.1, -0.05) is 48.5 Å². The van der Waals surface area contributed by atoms with Crippen molar-refractivity contribution < 1.29 is 14.3 Å². The Kier molecular flexibility index (Phi) is 3.67. The van der Waals surface area contributed by atoms with E-state index in [2.05, 4.69) is 5.32 Å². The summed E-state index contributed by atoms with van der Waals surface area (Å²) in [6.45, 7) is 1.98. The number of fused-ring (bicyclic) bond motifs is 1. The molecule has 0 bridgehead atoms. The van der Waals surface area contributed by atoms with Gasteiger partial charge in [-0.2, -0.15) is 0 Å². The van der Waals surface area contributed by atoms with Gasteiger partial charge >= 0.3 is 5.97 Å². The lowest BCUT2D eigenvalue weighted by Gasteiger charge is -2.25. The summed E-state index contributed by atoms with van der Waals surface area (Å²) in [4.78, 5) is 25.3. The van der Waals surface area contributed by atoms with Crippen molar-refractivity contribution in [3.05, 3.63) is 65.7 Å². The minimum Gasteiger partial charge on any atom is -0.465 e. The maximum absolute atomic E-state index is 12.7. The van der Waals surface area contributed by atoms with Gasteiger partial charge in [0.1, 0.15) is 0 Å². The van der Waals surface area contributed by atoms with Crippen LogP contribution in [0.15, 0.2) is 54.6 Å². The fourth-order valence-corrected chi connectivity index (χ4v) is 2.92. The highest BCUT2D eigenvalue weighted by Crippen LogP contribution is 2.41. The summed E-state index contributed by atoms with van der Waals surface area (Å²) in [6, 6.07) is 16.8. The van der Waals surface area contributed by atoms with Crippen molar-refractivity contribution in [2.75, 3.05) is 11.9 Å². The maximum Gasteiger partial charge on any atom is 0.326 e. The van der Waals surface area contributed by atoms with Crippen molar-refractivity contribution in [2.24, 2.45) is 0 Å². The number of amides is 1.